The van der Waals surface area contributed by atoms with E-state index >= 15 is 0 Å². The predicted octanol–water partition coefficient (Wildman–Crippen LogP) is 1.62. The van der Waals surface area contributed by atoms with Crippen LogP contribution < -0.4 is 0 Å². The maximum atomic E-state index is 12.0. The number of ether oxygens (including phenoxy) is 5. The SMILES string of the molecule is C=C(C)C(=O)OCCOC(=O)C(=C)OC(C)(C)C(=O)OCCOC(=O)C(=C)C. The third kappa shape index (κ3) is 9.56. The van der Waals surface area contributed by atoms with Crippen molar-refractivity contribution in [2.45, 2.75) is 33.3 Å². The number of hydrogen-bond acceptors (Lipinski definition) is 9. The zero-order valence-electron chi connectivity index (χ0n) is 16.6. The number of carbonyl (C=O) groups is 4. The average Bonchev–Trinajstić information content (AvgIpc) is 2.60. The van der Waals surface area contributed by atoms with Crippen molar-refractivity contribution in [2.75, 3.05) is 26.4 Å². The summed E-state index contributed by atoms with van der Waals surface area (Å²) in [4.78, 5) is 46.2. The predicted molar refractivity (Wildman–Crippen MR) is 97.8 cm³/mol. The Morgan fingerprint density at radius 3 is 1.43 bits per heavy atom. The minimum absolute atomic E-state index is 0.153. The molecule has 9 nitrogen and oxygen atoms in total. The molecule has 0 radical (unpaired) electrons. The first-order valence-corrected chi connectivity index (χ1v) is 8.26. The first-order chi connectivity index (χ1) is 12.9. The molecule has 0 amide bonds. The topological polar surface area (TPSA) is 114 Å². The van der Waals surface area contributed by atoms with Crippen molar-refractivity contribution < 1.29 is 42.9 Å². The highest BCUT2D eigenvalue weighted by molar-refractivity contribution is 5.88. The molecule has 0 aromatic carbocycles. The summed E-state index contributed by atoms with van der Waals surface area (Å²) >= 11 is 0. The molecular weight excluding hydrogens is 372 g/mol. The van der Waals surface area contributed by atoms with Gasteiger partial charge in [0.2, 0.25) is 5.60 Å². The molecule has 28 heavy (non-hydrogen) atoms. The lowest BCUT2D eigenvalue weighted by atomic mass is 10.1. The summed E-state index contributed by atoms with van der Waals surface area (Å²) in [6, 6.07) is 0. The van der Waals surface area contributed by atoms with E-state index in [1.165, 1.54) is 27.7 Å². The van der Waals surface area contributed by atoms with Gasteiger partial charge in [-0.15, -0.1) is 0 Å². The standard InChI is InChI=1S/C19H26O9/c1-12(2)15(20)24-8-9-26-17(22)14(5)28-19(6,7)18(23)27-11-10-25-16(21)13(3)4/h1,3,5,8-11H2,2,4,6-7H3. The molecule has 0 aliphatic heterocycles. The lowest BCUT2D eigenvalue weighted by molar-refractivity contribution is -0.169. The molecule has 0 bridgehead atoms. The fraction of sp³-hybridized carbons (Fsp3) is 0.474. The molecule has 0 aromatic heterocycles. The second-order valence-electron chi connectivity index (χ2n) is 6.14. The van der Waals surface area contributed by atoms with Gasteiger partial charge in [-0.2, -0.15) is 0 Å². The number of esters is 4. The molecule has 0 saturated carbocycles. The van der Waals surface area contributed by atoms with Gasteiger partial charge in [-0.3, -0.25) is 0 Å². The maximum absolute atomic E-state index is 12.0. The van der Waals surface area contributed by atoms with E-state index in [2.05, 4.69) is 19.7 Å². The second kappa shape index (κ2) is 11.6. The highest BCUT2D eigenvalue weighted by Gasteiger charge is 2.34. The van der Waals surface area contributed by atoms with Crippen molar-refractivity contribution in [3.63, 3.8) is 0 Å². The molecule has 0 unspecified atom stereocenters. The van der Waals surface area contributed by atoms with Crippen molar-refractivity contribution >= 4 is 23.9 Å². The van der Waals surface area contributed by atoms with Crippen LogP contribution in [0.25, 0.3) is 0 Å². The van der Waals surface area contributed by atoms with Gasteiger partial charge >= 0.3 is 23.9 Å². The van der Waals surface area contributed by atoms with E-state index in [0.29, 0.717) is 0 Å². The van der Waals surface area contributed by atoms with Crippen LogP contribution in [0, 0.1) is 0 Å². The molecule has 0 aliphatic carbocycles. The number of hydrogen-bond donors (Lipinski definition) is 0. The van der Waals surface area contributed by atoms with E-state index < -0.39 is 35.2 Å². The quantitative estimate of drug-likeness (QED) is 0.159. The normalized spacial score (nSPS) is 10.3. The van der Waals surface area contributed by atoms with E-state index in [1.54, 1.807) is 0 Å². The van der Waals surface area contributed by atoms with Crippen LogP contribution in [0.2, 0.25) is 0 Å². The summed E-state index contributed by atoms with van der Waals surface area (Å²) in [5.41, 5.74) is -1.10. The Morgan fingerprint density at radius 2 is 1.04 bits per heavy atom. The lowest BCUT2D eigenvalue weighted by Gasteiger charge is -2.24. The van der Waals surface area contributed by atoms with Crippen LogP contribution in [0.1, 0.15) is 27.7 Å². The summed E-state index contributed by atoms with van der Waals surface area (Å²) < 4.78 is 24.5. The first-order valence-electron chi connectivity index (χ1n) is 8.26. The summed E-state index contributed by atoms with van der Waals surface area (Å²) in [6.07, 6.45) is 0. The van der Waals surface area contributed by atoms with Crippen LogP contribution in [0.15, 0.2) is 36.6 Å². The zero-order chi connectivity index (χ0) is 21.9. The Labute approximate surface area is 163 Å². The second-order valence-corrected chi connectivity index (χ2v) is 6.14. The highest BCUT2D eigenvalue weighted by Crippen LogP contribution is 2.17. The van der Waals surface area contributed by atoms with Crippen LogP contribution in [-0.4, -0.2) is 55.9 Å². The molecule has 0 heterocycles. The highest BCUT2D eigenvalue weighted by atomic mass is 16.6. The fourth-order valence-electron chi connectivity index (χ4n) is 1.43. The molecule has 156 valence electrons. The van der Waals surface area contributed by atoms with E-state index in [4.69, 9.17) is 23.7 Å². The van der Waals surface area contributed by atoms with Gasteiger partial charge in [0.15, 0.2) is 5.76 Å². The van der Waals surface area contributed by atoms with E-state index in [9.17, 15) is 19.2 Å². The Hall–Kier alpha value is -3.10. The Balaban J connectivity index is 4.29. The number of rotatable bonds is 12. The average molecular weight is 398 g/mol. The summed E-state index contributed by atoms with van der Waals surface area (Å²) in [5.74, 6) is -3.37. The van der Waals surface area contributed by atoms with Crippen molar-refractivity contribution in [3.8, 4) is 0 Å². The van der Waals surface area contributed by atoms with Gasteiger partial charge in [-0.1, -0.05) is 13.2 Å². The molecule has 0 N–H and O–H groups in total. The van der Waals surface area contributed by atoms with Crippen LogP contribution in [0.4, 0.5) is 0 Å². The smallest absolute Gasteiger partial charge is 0.373 e. The van der Waals surface area contributed by atoms with E-state index in [1.807, 2.05) is 0 Å². The van der Waals surface area contributed by atoms with Gasteiger partial charge < -0.3 is 23.7 Å². The van der Waals surface area contributed by atoms with Crippen molar-refractivity contribution in [3.05, 3.63) is 36.6 Å². The summed E-state index contributed by atoms with van der Waals surface area (Å²) in [7, 11) is 0. The Bertz CT molecular complexity index is 658. The Morgan fingerprint density at radius 1 is 0.679 bits per heavy atom. The fourth-order valence-corrected chi connectivity index (χ4v) is 1.43. The summed E-state index contributed by atoms with van der Waals surface area (Å²) in [6.45, 7) is 15.2. The molecule has 0 spiro atoms. The number of carbonyl (C=O) groups excluding carboxylic acids is 4. The van der Waals surface area contributed by atoms with Crippen LogP contribution in [0.3, 0.4) is 0 Å². The van der Waals surface area contributed by atoms with E-state index in [0.717, 1.165) is 0 Å². The maximum Gasteiger partial charge on any atom is 0.373 e. The van der Waals surface area contributed by atoms with Gasteiger partial charge in [0.1, 0.15) is 26.4 Å². The van der Waals surface area contributed by atoms with Crippen LogP contribution in [-0.2, 0) is 42.9 Å². The monoisotopic (exact) mass is 398 g/mol. The van der Waals surface area contributed by atoms with Gasteiger partial charge in [-0.05, 0) is 34.3 Å². The van der Waals surface area contributed by atoms with E-state index in [-0.39, 0.29) is 37.6 Å². The molecule has 0 atom stereocenters. The molecule has 9 heteroatoms. The largest absolute Gasteiger partial charge is 0.469 e. The third-order valence-electron chi connectivity index (χ3n) is 2.89. The molecule has 0 saturated heterocycles. The van der Waals surface area contributed by atoms with Crippen molar-refractivity contribution in [1.82, 2.24) is 0 Å². The first kappa shape index (κ1) is 24.9. The molecule has 0 aliphatic rings. The minimum Gasteiger partial charge on any atom is -0.469 e. The van der Waals surface area contributed by atoms with Gasteiger partial charge in [0, 0.05) is 11.1 Å². The summed E-state index contributed by atoms with van der Waals surface area (Å²) in [5, 5.41) is 0. The van der Waals surface area contributed by atoms with Gasteiger partial charge in [0.05, 0.1) is 0 Å². The van der Waals surface area contributed by atoms with Gasteiger partial charge in [0.25, 0.3) is 0 Å². The van der Waals surface area contributed by atoms with Crippen LogP contribution >= 0.6 is 0 Å². The molecule has 0 fully saturated rings. The van der Waals surface area contributed by atoms with Gasteiger partial charge in [-0.25, -0.2) is 19.2 Å². The molecule has 0 aromatic rings. The minimum atomic E-state index is -1.54. The Kier molecular flexibility index (Phi) is 10.3. The lowest BCUT2D eigenvalue weighted by Crippen LogP contribution is -2.38. The zero-order valence-corrected chi connectivity index (χ0v) is 16.6. The molecule has 0 rings (SSSR count). The third-order valence-corrected chi connectivity index (χ3v) is 2.89. The van der Waals surface area contributed by atoms with Crippen LogP contribution in [0.5, 0.6) is 0 Å². The van der Waals surface area contributed by atoms with Crippen molar-refractivity contribution in [2.24, 2.45) is 0 Å². The van der Waals surface area contributed by atoms with Crippen molar-refractivity contribution in [1.29, 1.82) is 0 Å². The molecular formula is C19H26O9.